The van der Waals surface area contributed by atoms with E-state index in [2.05, 4.69) is 20.4 Å². The molecule has 2 atom stereocenters. The van der Waals surface area contributed by atoms with Crippen LogP contribution in [0.5, 0.6) is 0 Å². The number of nitrogens with zero attached hydrogens (tertiary/aromatic N) is 3. The molecule has 0 aliphatic rings. The topological polar surface area (TPSA) is 104 Å². The van der Waals surface area contributed by atoms with Crippen LogP contribution in [0.4, 0.5) is 4.39 Å². The van der Waals surface area contributed by atoms with Crippen molar-refractivity contribution in [1.82, 2.24) is 25.3 Å². The molecule has 0 fully saturated rings. The van der Waals surface area contributed by atoms with Gasteiger partial charge in [0.15, 0.2) is 5.78 Å². The molecule has 0 aliphatic heterocycles. The summed E-state index contributed by atoms with van der Waals surface area (Å²) in [4.78, 5) is 34.2. The van der Waals surface area contributed by atoms with Gasteiger partial charge >= 0.3 is 0 Å². The van der Waals surface area contributed by atoms with E-state index in [1.807, 2.05) is 25.9 Å². The third-order valence-corrected chi connectivity index (χ3v) is 5.68. The van der Waals surface area contributed by atoms with Gasteiger partial charge < -0.3 is 14.8 Å². The van der Waals surface area contributed by atoms with Gasteiger partial charge in [-0.15, -0.1) is 0 Å². The number of hydrogen-bond acceptors (Lipinski definition) is 6. The number of hydrogen-bond donors (Lipinski definition) is 2. The second-order valence-electron chi connectivity index (χ2n) is 8.27. The maximum absolute atomic E-state index is 14.2. The number of aromatic nitrogens is 3. The van der Waals surface area contributed by atoms with Gasteiger partial charge in [-0.2, -0.15) is 0 Å². The molecule has 176 valence electrons. The first-order valence-electron chi connectivity index (χ1n) is 11.1. The molecule has 8 nitrogen and oxygen atoms in total. The van der Waals surface area contributed by atoms with Gasteiger partial charge in [0.25, 0.3) is 0 Å². The molecule has 0 radical (unpaired) electrons. The van der Waals surface area contributed by atoms with E-state index in [4.69, 9.17) is 4.52 Å². The van der Waals surface area contributed by atoms with Crippen molar-refractivity contribution in [2.45, 2.75) is 51.1 Å². The maximum Gasteiger partial charge on any atom is 0.237 e. The lowest BCUT2D eigenvalue weighted by Crippen LogP contribution is -2.43. The maximum atomic E-state index is 14.2. The van der Waals surface area contributed by atoms with E-state index in [0.29, 0.717) is 42.0 Å². The van der Waals surface area contributed by atoms with Gasteiger partial charge in [-0.3, -0.25) is 14.5 Å². The van der Waals surface area contributed by atoms with Gasteiger partial charge in [0, 0.05) is 18.1 Å². The minimum Gasteiger partial charge on any atom is -0.364 e. The smallest absolute Gasteiger partial charge is 0.237 e. The lowest BCUT2D eigenvalue weighted by molar-refractivity contribution is -0.125. The predicted molar refractivity (Wildman–Crippen MR) is 122 cm³/mol. The van der Waals surface area contributed by atoms with Crippen molar-refractivity contribution in [3.8, 4) is 11.3 Å². The number of halogens is 1. The molecule has 2 aromatic heterocycles. The number of amides is 1. The van der Waals surface area contributed by atoms with Crippen LogP contribution >= 0.6 is 0 Å². The second kappa shape index (κ2) is 11.5. The summed E-state index contributed by atoms with van der Waals surface area (Å²) in [5.41, 5.74) is 1.32. The fourth-order valence-corrected chi connectivity index (χ4v) is 3.43. The number of carbonyl (C=O) groups is 2. The van der Waals surface area contributed by atoms with Crippen molar-refractivity contribution < 1.29 is 18.5 Å². The van der Waals surface area contributed by atoms with E-state index in [0.717, 1.165) is 12.8 Å². The van der Waals surface area contributed by atoms with Gasteiger partial charge in [-0.05, 0) is 46.0 Å². The van der Waals surface area contributed by atoms with Crippen LogP contribution in [-0.2, 0) is 4.79 Å². The summed E-state index contributed by atoms with van der Waals surface area (Å²) in [5, 5.41) is 6.72. The minimum atomic E-state index is -0.355. The summed E-state index contributed by atoms with van der Waals surface area (Å²) in [7, 11) is 3.68. The summed E-state index contributed by atoms with van der Waals surface area (Å²) in [6.45, 7) is 1.83. The molecule has 0 aliphatic carbocycles. The molecular weight excluding hydrogens is 425 g/mol. The largest absolute Gasteiger partial charge is 0.364 e. The number of imidazole rings is 1. The summed E-state index contributed by atoms with van der Waals surface area (Å²) < 4.78 is 18.9. The van der Waals surface area contributed by atoms with E-state index in [-0.39, 0.29) is 29.6 Å². The van der Waals surface area contributed by atoms with Crippen LogP contribution in [0.2, 0.25) is 0 Å². The van der Waals surface area contributed by atoms with Crippen molar-refractivity contribution in [2.24, 2.45) is 0 Å². The van der Waals surface area contributed by atoms with Crippen molar-refractivity contribution in [1.29, 1.82) is 0 Å². The zero-order valence-electron chi connectivity index (χ0n) is 19.2. The van der Waals surface area contributed by atoms with Crippen LogP contribution in [0.15, 0.2) is 47.3 Å². The number of benzene rings is 1. The predicted octanol–water partition coefficient (Wildman–Crippen LogP) is 4.14. The number of ketones is 1. The molecule has 2 N–H and O–H groups in total. The third kappa shape index (κ3) is 6.58. The summed E-state index contributed by atoms with van der Waals surface area (Å²) >= 11 is 0. The zero-order valence-corrected chi connectivity index (χ0v) is 19.2. The number of carbonyl (C=O) groups excluding carboxylic acids is 2. The normalized spacial score (nSPS) is 13.1. The van der Waals surface area contributed by atoms with Crippen LogP contribution < -0.4 is 5.32 Å². The molecule has 2 unspecified atom stereocenters. The standard InChI is InChI=1S/C24H30FN5O3/c1-16(30(2)3)24(32)28-20(11-5-4-6-12-22(31)19-13-14-33-29-19)23-26-15-21(27-23)17-9-7-8-10-18(17)25/h7-10,13-16,20H,4-6,11-12H2,1-3H3,(H,26,27)(H,28,32). The number of likely N-dealkylation sites (N-methyl/N-ethyl adjacent to an activating group) is 1. The Morgan fingerprint density at radius 3 is 2.67 bits per heavy atom. The van der Waals surface area contributed by atoms with Crippen molar-refractivity contribution in [3.05, 3.63) is 60.1 Å². The van der Waals surface area contributed by atoms with E-state index >= 15 is 0 Å². The molecule has 9 heteroatoms. The minimum absolute atomic E-state index is 0.0472. The first kappa shape index (κ1) is 24.3. The van der Waals surface area contributed by atoms with Gasteiger partial charge in [0.05, 0.1) is 24.0 Å². The lowest BCUT2D eigenvalue weighted by atomic mass is 10.0. The third-order valence-electron chi connectivity index (χ3n) is 5.68. The highest BCUT2D eigenvalue weighted by Crippen LogP contribution is 2.24. The number of Topliss-reactive ketones (excluding diaryl/α,β-unsaturated/α-hetero) is 1. The highest BCUT2D eigenvalue weighted by molar-refractivity contribution is 5.93. The van der Waals surface area contributed by atoms with Gasteiger partial charge in [-0.1, -0.05) is 30.1 Å². The van der Waals surface area contributed by atoms with Crippen molar-refractivity contribution in [2.75, 3.05) is 14.1 Å². The van der Waals surface area contributed by atoms with E-state index in [1.165, 1.54) is 12.3 Å². The van der Waals surface area contributed by atoms with Crippen LogP contribution in [-0.4, -0.2) is 51.9 Å². The van der Waals surface area contributed by atoms with Gasteiger partial charge in [-0.25, -0.2) is 9.37 Å². The van der Waals surface area contributed by atoms with E-state index in [1.54, 1.807) is 30.5 Å². The van der Waals surface area contributed by atoms with Gasteiger partial charge in [0.2, 0.25) is 5.91 Å². The van der Waals surface area contributed by atoms with E-state index < -0.39 is 0 Å². The monoisotopic (exact) mass is 455 g/mol. The fourth-order valence-electron chi connectivity index (χ4n) is 3.43. The van der Waals surface area contributed by atoms with Crippen molar-refractivity contribution in [3.63, 3.8) is 0 Å². The average molecular weight is 456 g/mol. The molecule has 2 heterocycles. The van der Waals surface area contributed by atoms with E-state index in [9.17, 15) is 14.0 Å². The first-order valence-corrected chi connectivity index (χ1v) is 11.1. The van der Waals surface area contributed by atoms with Crippen LogP contribution in [0.1, 0.15) is 61.4 Å². The zero-order chi connectivity index (χ0) is 23.8. The van der Waals surface area contributed by atoms with Crippen LogP contribution in [0.25, 0.3) is 11.3 Å². The molecule has 0 saturated carbocycles. The van der Waals surface area contributed by atoms with Crippen LogP contribution in [0.3, 0.4) is 0 Å². The SMILES string of the molecule is CC(C(=O)NC(CCCCCC(=O)c1ccon1)c1ncc(-c2ccccc2F)[nH]1)N(C)C. The lowest BCUT2D eigenvalue weighted by Gasteiger charge is -2.23. The molecule has 1 amide bonds. The number of rotatable bonds is 12. The Hall–Kier alpha value is -3.33. The van der Waals surface area contributed by atoms with Gasteiger partial charge in [0.1, 0.15) is 23.6 Å². The summed E-state index contributed by atoms with van der Waals surface area (Å²) in [6.07, 6.45) is 6.28. The summed E-state index contributed by atoms with van der Waals surface area (Å²) in [5.74, 6) is 0.0709. The molecule has 3 rings (SSSR count). The highest BCUT2D eigenvalue weighted by atomic mass is 19.1. The van der Waals surface area contributed by atoms with Crippen molar-refractivity contribution >= 4 is 11.7 Å². The van der Waals surface area contributed by atoms with Crippen LogP contribution in [0, 0.1) is 5.82 Å². The molecule has 3 aromatic rings. The number of unbranched alkanes of at least 4 members (excludes halogenated alkanes) is 2. The Morgan fingerprint density at radius 1 is 1.18 bits per heavy atom. The fraction of sp³-hybridized carbons (Fsp3) is 0.417. The first-order chi connectivity index (χ1) is 15.9. The summed E-state index contributed by atoms with van der Waals surface area (Å²) in [6, 6.07) is 7.37. The number of H-pyrrole nitrogens is 1. The Kier molecular flexibility index (Phi) is 8.48. The molecule has 0 saturated heterocycles. The Morgan fingerprint density at radius 2 is 1.97 bits per heavy atom. The molecular formula is C24H30FN5O3. The number of aromatic amines is 1. The Labute approximate surface area is 192 Å². The molecule has 1 aromatic carbocycles. The second-order valence-corrected chi connectivity index (χ2v) is 8.27. The molecule has 33 heavy (non-hydrogen) atoms. The molecule has 0 bridgehead atoms. The average Bonchev–Trinajstić information content (AvgIpc) is 3.50. The Bertz CT molecular complexity index is 1050. The quantitative estimate of drug-likeness (QED) is 0.314. The molecule has 0 spiro atoms. The Balaban J connectivity index is 1.63. The number of nitrogens with one attached hydrogen (secondary N) is 2. The highest BCUT2D eigenvalue weighted by Gasteiger charge is 2.23.